The maximum Gasteiger partial charge on any atom is 0.142 e. The summed E-state index contributed by atoms with van der Waals surface area (Å²) in [6.07, 6.45) is 3.45. The molecule has 1 aromatic rings. The molecule has 0 aliphatic rings. The Morgan fingerprint density at radius 2 is 1.94 bits per heavy atom. The lowest BCUT2D eigenvalue weighted by Crippen LogP contribution is -2.18. The van der Waals surface area contributed by atoms with Gasteiger partial charge in [-0.15, -0.1) is 0 Å². The van der Waals surface area contributed by atoms with Gasteiger partial charge < -0.3 is 14.8 Å². The number of ether oxygens (including phenoxy) is 2. The van der Waals surface area contributed by atoms with E-state index in [-0.39, 0.29) is 0 Å². The molecule has 1 aromatic carbocycles. The fourth-order valence-corrected chi connectivity index (χ4v) is 1.87. The summed E-state index contributed by atoms with van der Waals surface area (Å²) in [5.74, 6) is 1.71. The number of anilines is 1. The van der Waals surface area contributed by atoms with Crippen LogP contribution < -0.4 is 14.8 Å². The molecule has 0 saturated heterocycles. The third-order valence-electron chi connectivity index (χ3n) is 2.90. The molecule has 0 bridgehead atoms. The van der Waals surface area contributed by atoms with Crippen LogP contribution in [0.4, 0.5) is 5.69 Å². The lowest BCUT2D eigenvalue weighted by molar-refractivity contribution is 0.404. The van der Waals surface area contributed by atoms with Gasteiger partial charge in [0.1, 0.15) is 11.5 Å². The SMILES string of the molecule is CCCC(CC)Nc1cc(OC)ccc1OC. The van der Waals surface area contributed by atoms with Crippen molar-refractivity contribution in [2.45, 2.75) is 39.2 Å². The van der Waals surface area contributed by atoms with Gasteiger partial charge in [0, 0.05) is 12.1 Å². The van der Waals surface area contributed by atoms with E-state index in [1.807, 2.05) is 18.2 Å². The first-order valence-electron chi connectivity index (χ1n) is 6.23. The number of nitrogens with one attached hydrogen (secondary N) is 1. The average Bonchev–Trinajstić information content (AvgIpc) is 2.38. The van der Waals surface area contributed by atoms with Crippen LogP contribution in [0.2, 0.25) is 0 Å². The van der Waals surface area contributed by atoms with Gasteiger partial charge in [-0.2, -0.15) is 0 Å². The smallest absolute Gasteiger partial charge is 0.142 e. The van der Waals surface area contributed by atoms with E-state index in [2.05, 4.69) is 19.2 Å². The van der Waals surface area contributed by atoms with E-state index in [1.54, 1.807) is 14.2 Å². The highest BCUT2D eigenvalue weighted by Crippen LogP contribution is 2.30. The second-order valence-corrected chi connectivity index (χ2v) is 4.10. The Labute approximate surface area is 104 Å². The van der Waals surface area contributed by atoms with Gasteiger partial charge >= 0.3 is 0 Å². The predicted octanol–water partition coefficient (Wildman–Crippen LogP) is 3.69. The van der Waals surface area contributed by atoms with Gasteiger partial charge in [0.15, 0.2) is 0 Å². The number of rotatable bonds is 7. The topological polar surface area (TPSA) is 30.5 Å². The Balaban J connectivity index is 2.85. The van der Waals surface area contributed by atoms with Crippen molar-refractivity contribution in [2.24, 2.45) is 0 Å². The molecule has 0 aliphatic carbocycles. The summed E-state index contributed by atoms with van der Waals surface area (Å²) in [7, 11) is 3.36. The van der Waals surface area contributed by atoms with Crippen LogP contribution in [0.25, 0.3) is 0 Å². The van der Waals surface area contributed by atoms with Crippen molar-refractivity contribution in [1.29, 1.82) is 0 Å². The van der Waals surface area contributed by atoms with Crippen molar-refractivity contribution in [1.82, 2.24) is 0 Å². The molecule has 1 N–H and O–H groups in total. The van der Waals surface area contributed by atoms with Gasteiger partial charge in [0.05, 0.1) is 19.9 Å². The lowest BCUT2D eigenvalue weighted by atomic mass is 10.1. The van der Waals surface area contributed by atoms with Crippen LogP contribution in [0.3, 0.4) is 0 Å². The van der Waals surface area contributed by atoms with Crippen molar-refractivity contribution >= 4 is 5.69 Å². The quantitative estimate of drug-likeness (QED) is 0.784. The van der Waals surface area contributed by atoms with Crippen LogP contribution >= 0.6 is 0 Å². The molecule has 96 valence electrons. The third-order valence-corrected chi connectivity index (χ3v) is 2.90. The summed E-state index contributed by atoms with van der Waals surface area (Å²) >= 11 is 0. The molecule has 3 nitrogen and oxygen atoms in total. The Bertz CT molecular complexity index is 339. The number of hydrogen-bond acceptors (Lipinski definition) is 3. The van der Waals surface area contributed by atoms with Gasteiger partial charge in [-0.25, -0.2) is 0 Å². The Morgan fingerprint density at radius 3 is 2.47 bits per heavy atom. The van der Waals surface area contributed by atoms with E-state index in [1.165, 1.54) is 6.42 Å². The summed E-state index contributed by atoms with van der Waals surface area (Å²) in [5.41, 5.74) is 1.01. The van der Waals surface area contributed by atoms with Gasteiger partial charge in [-0.1, -0.05) is 20.3 Å². The van der Waals surface area contributed by atoms with Crippen molar-refractivity contribution in [3.63, 3.8) is 0 Å². The molecule has 1 rings (SSSR count). The monoisotopic (exact) mass is 237 g/mol. The summed E-state index contributed by atoms with van der Waals surface area (Å²) in [6.45, 7) is 4.40. The summed E-state index contributed by atoms with van der Waals surface area (Å²) in [6, 6.07) is 6.31. The minimum absolute atomic E-state index is 0.487. The Hall–Kier alpha value is -1.38. The molecule has 0 spiro atoms. The summed E-state index contributed by atoms with van der Waals surface area (Å²) < 4.78 is 10.6. The third kappa shape index (κ3) is 3.84. The zero-order valence-corrected chi connectivity index (χ0v) is 11.2. The zero-order valence-electron chi connectivity index (χ0n) is 11.2. The Kier molecular flexibility index (Phi) is 5.67. The van der Waals surface area contributed by atoms with Crippen molar-refractivity contribution in [3.8, 4) is 11.5 Å². The van der Waals surface area contributed by atoms with Crippen molar-refractivity contribution in [3.05, 3.63) is 18.2 Å². The van der Waals surface area contributed by atoms with E-state index in [4.69, 9.17) is 9.47 Å². The van der Waals surface area contributed by atoms with Crippen LogP contribution in [0, 0.1) is 0 Å². The molecule has 1 atom stereocenters. The molecule has 0 amide bonds. The standard InChI is InChI=1S/C14H23NO2/c1-5-7-11(6-2)15-13-10-12(16-3)8-9-14(13)17-4/h8-11,15H,5-7H2,1-4H3. The molecule has 0 fully saturated rings. The first-order chi connectivity index (χ1) is 8.24. The van der Waals surface area contributed by atoms with Gasteiger partial charge in [0.2, 0.25) is 0 Å². The average molecular weight is 237 g/mol. The predicted molar refractivity (Wildman–Crippen MR) is 72.2 cm³/mol. The maximum absolute atomic E-state index is 5.35. The molecule has 0 aliphatic heterocycles. The maximum atomic E-state index is 5.35. The van der Waals surface area contributed by atoms with E-state index >= 15 is 0 Å². The number of hydrogen-bond donors (Lipinski definition) is 1. The number of methoxy groups -OCH3 is 2. The largest absolute Gasteiger partial charge is 0.497 e. The molecular formula is C14H23NO2. The highest BCUT2D eigenvalue weighted by Gasteiger charge is 2.09. The van der Waals surface area contributed by atoms with Crippen molar-refractivity contribution in [2.75, 3.05) is 19.5 Å². The summed E-state index contributed by atoms with van der Waals surface area (Å²) in [5, 5.41) is 3.52. The molecule has 0 saturated carbocycles. The van der Waals surface area contributed by atoms with E-state index in [0.29, 0.717) is 6.04 Å². The zero-order chi connectivity index (χ0) is 12.7. The second-order valence-electron chi connectivity index (χ2n) is 4.10. The molecule has 0 radical (unpaired) electrons. The van der Waals surface area contributed by atoms with Crippen LogP contribution in [0.15, 0.2) is 18.2 Å². The second kappa shape index (κ2) is 7.05. The molecule has 0 aromatic heterocycles. The highest BCUT2D eigenvalue weighted by molar-refractivity contribution is 5.60. The highest BCUT2D eigenvalue weighted by atomic mass is 16.5. The minimum atomic E-state index is 0.487. The van der Waals surface area contributed by atoms with E-state index in [0.717, 1.165) is 30.0 Å². The van der Waals surface area contributed by atoms with Crippen LogP contribution in [0.1, 0.15) is 33.1 Å². The van der Waals surface area contributed by atoms with Crippen LogP contribution in [-0.2, 0) is 0 Å². The fraction of sp³-hybridized carbons (Fsp3) is 0.571. The lowest BCUT2D eigenvalue weighted by Gasteiger charge is -2.20. The van der Waals surface area contributed by atoms with E-state index in [9.17, 15) is 0 Å². The van der Waals surface area contributed by atoms with Gasteiger partial charge in [0.25, 0.3) is 0 Å². The normalized spacial score (nSPS) is 12.0. The minimum Gasteiger partial charge on any atom is -0.497 e. The first kappa shape index (κ1) is 13.7. The molecule has 1 unspecified atom stereocenters. The summed E-state index contributed by atoms with van der Waals surface area (Å²) in [4.78, 5) is 0. The van der Waals surface area contributed by atoms with Crippen molar-refractivity contribution < 1.29 is 9.47 Å². The molecule has 3 heteroatoms. The molecule has 17 heavy (non-hydrogen) atoms. The van der Waals surface area contributed by atoms with E-state index < -0.39 is 0 Å². The molecule has 0 heterocycles. The van der Waals surface area contributed by atoms with Gasteiger partial charge in [-0.05, 0) is 25.0 Å². The molecular weight excluding hydrogens is 214 g/mol. The first-order valence-corrected chi connectivity index (χ1v) is 6.23. The van der Waals surface area contributed by atoms with Crippen LogP contribution in [-0.4, -0.2) is 20.3 Å². The Morgan fingerprint density at radius 1 is 1.18 bits per heavy atom. The van der Waals surface area contributed by atoms with Crippen LogP contribution in [0.5, 0.6) is 11.5 Å². The number of benzene rings is 1. The van der Waals surface area contributed by atoms with Gasteiger partial charge in [-0.3, -0.25) is 0 Å². The fourth-order valence-electron chi connectivity index (χ4n) is 1.87.